The molecule has 1 aromatic heterocycles. The number of carbonyl (C=O) groups is 1. The lowest BCUT2D eigenvalue weighted by molar-refractivity contribution is 0.0263. The zero-order chi connectivity index (χ0) is 24.0. The molecule has 1 aromatic carbocycles. The van der Waals surface area contributed by atoms with Gasteiger partial charge in [-0.25, -0.2) is 9.78 Å². The lowest BCUT2D eigenvalue weighted by Gasteiger charge is -2.42. The maximum atomic E-state index is 12.5. The fraction of sp³-hybridized carbons (Fsp3) is 0.630. The van der Waals surface area contributed by atoms with Gasteiger partial charge in [0.15, 0.2) is 5.13 Å². The van der Waals surface area contributed by atoms with E-state index in [2.05, 4.69) is 56.2 Å². The van der Waals surface area contributed by atoms with Crippen molar-refractivity contribution in [3.8, 4) is 11.3 Å². The lowest BCUT2D eigenvalue weighted by atomic mass is 9.63. The third kappa shape index (κ3) is 5.21. The van der Waals surface area contributed by atoms with Gasteiger partial charge in [-0.3, -0.25) is 0 Å². The summed E-state index contributed by atoms with van der Waals surface area (Å²) in [6.07, 6.45) is 3.13. The molecule has 2 aromatic rings. The predicted octanol–water partition coefficient (Wildman–Crippen LogP) is 6.61. The van der Waals surface area contributed by atoms with Gasteiger partial charge in [0, 0.05) is 37.1 Å². The summed E-state index contributed by atoms with van der Waals surface area (Å²) in [6, 6.07) is 6.95. The highest BCUT2D eigenvalue weighted by Crippen LogP contribution is 2.46. The molecule has 1 fully saturated rings. The highest BCUT2D eigenvalue weighted by Gasteiger charge is 2.37. The Kier molecular flexibility index (Phi) is 6.27. The van der Waals surface area contributed by atoms with Crippen molar-refractivity contribution in [3.05, 3.63) is 34.7 Å². The predicted molar refractivity (Wildman–Crippen MR) is 137 cm³/mol. The number of ether oxygens (including phenoxy) is 1. The summed E-state index contributed by atoms with van der Waals surface area (Å²) >= 11 is 1.70. The summed E-state index contributed by atoms with van der Waals surface area (Å²) in [5, 5.41) is 3.21. The molecular weight excluding hydrogens is 430 g/mol. The monoisotopic (exact) mass is 469 g/mol. The number of fused-ring (bicyclic) bond motifs is 1. The van der Waals surface area contributed by atoms with Gasteiger partial charge in [0.2, 0.25) is 0 Å². The third-order valence-corrected chi connectivity index (χ3v) is 7.96. The smallest absolute Gasteiger partial charge is 0.410 e. The van der Waals surface area contributed by atoms with Crippen molar-refractivity contribution >= 4 is 22.6 Å². The van der Waals surface area contributed by atoms with E-state index in [0.29, 0.717) is 6.54 Å². The second-order valence-corrected chi connectivity index (χ2v) is 12.7. The number of hydrogen-bond acceptors (Lipinski definition) is 5. The van der Waals surface area contributed by atoms with Crippen LogP contribution >= 0.6 is 11.3 Å². The van der Waals surface area contributed by atoms with Gasteiger partial charge >= 0.3 is 6.09 Å². The molecule has 0 saturated carbocycles. The summed E-state index contributed by atoms with van der Waals surface area (Å²) < 4.78 is 5.57. The van der Waals surface area contributed by atoms with E-state index in [1.54, 1.807) is 11.3 Å². The normalized spacial score (nSPS) is 20.2. The Morgan fingerprint density at radius 1 is 1.00 bits per heavy atom. The first kappa shape index (κ1) is 24.1. The standard InChI is InChI=1S/C27H39N3O2S/c1-25(2,3)32-24(31)30-14-8-13-29(15-16-30)23-28-22(18-33-23)19-9-10-20-21(17-19)27(6,7)12-11-26(20,4)5/h9-10,17-18H,8,11-16H2,1-7H3. The maximum absolute atomic E-state index is 12.5. The molecule has 0 atom stereocenters. The quantitative estimate of drug-likeness (QED) is 0.497. The minimum atomic E-state index is -0.466. The number of hydrogen-bond donors (Lipinski definition) is 0. The van der Waals surface area contributed by atoms with Crippen molar-refractivity contribution in [3.63, 3.8) is 0 Å². The van der Waals surface area contributed by atoms with E-state index in [1.807, 2.05) is 25.7 Å². The van der Waals surface area contributed by atoms with Crippen LogP contribution in [0.5, 0.6) is 0 Å². The summed E-state index contributed by atoms with van der Waals surface area (Å²) in [6.45, 7) is 18.2. The molecule has 33 heavy (non-hydrogen) atoms. The van der Waals surface area contributed by atoms with Gasteiger partial charge in [-0.2, -0.15) is 0 Å². The van der Waals surface area contributed by atoms with E-state index in [0.717, 1.165) is 36.9 Å². The molecule has 2 aliphatic rings. The Bertz CT molecular complexity index is 1020. The third-order valence-electron chi connectivity index (χ3n) is 7.06. The number of carbonyl (C=O) groups excluding carboxylic acids is 1. The van der Waals surface area contributed by atoms with Gasteiger partial charge < -0.3 is 14.5 Å². The number of aromatic nitrogens is 1. The van der Waals surface area contributed by atoms with Gasteiger partial charge in [-0.05, 0) is 68.1 Å². The van der Waals surface area contributed by atoms with Gasteiger partial charge in [0.1, 0.15) is 5.60 Å². The van der Waals surface area contributed by atoms with Crippen LogP contribution in [0.2, 0.25) is 0 Å². The average Bonchev–Trinajstić information content (AvgIpc) is 3.08. The molecule has 0 bridgehead atoms. The number of rotatable bonds is 2. The molecule has 1 aliphatic heterocycles. The Hall–Kier alpha value is -2.08. The van der Waals surface area contributed by atoms with Crippen molar-refractivity contribution in [1.29, 1.82) is 0 Å². The fourth-order valence-corrected chi connectivity index (χ4v) is 5.80. The fourth-order valence-electron chi connectivity index (χ4n) is 4.91. The second-order valence-electron chi connectivity index (χ2n) is 11.9. The van der Waals surface area contributed by atoms with Crippen molar-refractivity contribution in [2.75, 3.05) is 31.1 Å². The molecule has 1 saturated heterocycles. The van der Waals surface area contributed by atoms with Crippen LogP contribution in [0.3, 0.4) is 0 Å². The molecule has 180 valence electrons. The molecule has 0 spiro atoms. The summed E-state index contributed by atoms with van der Waals surface area (Å²) in [7, 11) is 0. The minimum Gasteiger partial charge on any atom is -0.444 e. The van der Waals surface area contributed by atoms with Crippen LogP contribution in [0.15, 0.2) is 23.6 Å². The zero-order valence-corrected chi connectivity index (χ0v) is 22.1. The Labute approximate surface area is 203 Å². The van der Waals surface area contributed by atoms with Gasteiger partial charge in [0.25, 0.3) is 0 Å². The first-order valence-corrected chi connectivity index (χ1v) is 13.1. The molecule has 5 nitrogen and oxygen atoms in total. The zero-order valence-electron chi connectivity index (χ0n) is 21.3. The van der Waals surface area contributed by atoms with E-state index in [-0.39, 0.29) is 16.9 Å². The van der Waals surface area contributed by atoms with Crippen LogP contribution in [-0.4, -0.2) is 47.8 Å². The Morgan fingerprint density at radius 2 is 1.70 bits per heavy atom. The molecule has 4 rings (SSSR count). The van der Waals surface area contributed by atoms with Crippen molar-refractivity contribution < 1.29 is 9.53 Å². The molecule has 6 heteroatoms. The topological polar surface area (TPSA) is 45.7 Å². The summed E-state index contributed by atoms with van der Waals surface area (Å²) in [5.74, 6) is 0. The SMILES string of the molecule is CC(C)(C)OC(=O)N1CCCN(c2nc(-c3ccc4c(c3)C(C)(C)CCC4(C)C)cs2)CC1. The molecular formula is C27H39N3O2S. The molecule has 1 amide bonds. The molecule has 0 radical (unpaired) electrons. The van der Waals surface area contributed by atoms with Crippen LogP contribution in [0.4, 0.5) is 9.93 Å². The van der Waals surface area contributed by atoms with Crippen LogP contribution in [0, 0.1) is 0 Å². The summed E-state index contributed by atoms with van der Waals surface area (Å²) in [5.41, 5.74) is 5.14. The highest BCUT2D eigenvalue weighted by atomic mass is 32.1. The number of nitrogens with zero attached hydrogens (tertiary/aromatic N) is 3. The average molecular weight is 470 g/mol. The van der Waals surface area contributed by atoms with Crippen molar-refractivity contribution in [1.82, 2.24) is 9.88 Å². The van der Waals surface area contributed by atoms with Gasteiger partial charge in [-0.15, -0.1) is 11.3 Å². The number of amides is 1. The van der Waals surface area contributed by atoms with Crippen LogP contribution in [0.1, 0.15) is 78.9 Å². The maximum Gasteiger partial charge on any atom is 0.410 e. The molecule has 1 aliphatic carbocycles. The number of benzene rings is 1. The highest BCUT2D eigenvalue weighted by molar-refractivity contribution is 7.14. The largest absolute Gasteiger partial charge is 0.444 e. The van der Waals surface area contributed by atoms with E-state index in [9.17, 15) is 4.79 Å². The van der Waals surface area contributed by atoms with Crippen LogP contribution in [-0.2, 0) is 15.6 Å². The first-order valence-electron chi connectivity index (χ1n) is 12.2. The summed E-state index contributed by atoms with van der Waals surface area (Å²) in [4.78, 5) is 21.6. The van der Waals surface area contributed by atoms with Gasteiger partial charge in [0.05, 0.1) is 5.69 Å². The van der Waals surface area contributed by atoms with Crippen molar-refractivity contribution in [2.45, 2.75) is 84.2 Å². The molecule has 2 heterocycles. The Balaban J connectivity index is 1.50. The van der Waals surface area contributed by atoms with Gasteiger partial charge in [-0.1, -0.05) is 39.8 Å². The van der Waals surface area contributed by atoms with E-state index < -0.39 is 5.60 Å². The lowest BCUT2D eigenvalue weighted by Crippen LogP contribution is -2.39. The van der Waals surface area contributed by atoms with E-state index in [4.69, 9.17) is 9.72 Å². The molecule has 0 N–H and O–H groups in total. The molecule has 0 unspecified atom stereocenters. The number of thiazole rings is 1. The first-order chi connectivity index (χ1) is 15.4. The minimum absolute atomic E-state index is 0.190. The van der Waals surface area contributed by atoms with Crippen LogP contribution in [0.25, 0.3) is 11.3 Å². The Morgan fingerprint density at radius 3 is 2.39 bits per heavy atom. The number of anilines is 1. The van der Waals surface area contributed by atoms with Crippen LogP contribution < -0.4 is 4.90 Å². The van der Waals surface area contributed by atoms with Crippen molar-refractivity contribution in [2.24, 2.45) is 0 Å². The second kappa shape index (κ2) is 8.61. The van der Waals surface area contributed by atoms with E-state index in [1.165, 1.54) is 29.5 Å². The van der Waals surface area contributed by atoms with E-state index >= 15 is 0 Å².